The first-order valence-corrected chi connectivity index (χ1v) is 4.95. The lowest BCUT2D eigenvalue weighted by Gasteiger charge is -1.85. The molecule has 6 nitrogen and oxygen atoms in total. The summed E-state index contributed by atoms with van der Waals surface area (Å²) in [4.78, 5) is 4.27. The SMILES string of the molecule is Nc1cc(-c2nc(CC3CC3)no2)[nH]n1. The molecular formula is C9H11N5O. The third kappa shape index (κ3) is 1.70. The number of hydrogen-bond acceptors (Lipinski definition) is 5. The van der Waals surface area contributed by atoms with Crippen molar-refractivity contribution in [3.63, 3.8) is 0 Å². The molecule has 3 N–H and O–H groups in total. The Hall–Kier alpha value is -1.85. The van der Waals surface area contributed by atoms with Crippen molar-refractivity contribution in [2.45, 2.75) is 19.3 Å². The fraction of sp³-hybridized carbons (Fsp3) is 0.444. The average molecular weight is 205 g/mol. The third-order valence-electron chi connectivity index (χ3n) is 2.46. The van der Waals surface area contributed by atoms with E-state index in [1.54, 1.807) is 6.07 Å². The predicted octanol–water partition coefficient (Wildman–Crippen LogP) is 0.994. The summed E-state index contributed by atoms with van der Waals surface area (Å²) < 4.78 is 5.10. The van der Waals surface area contributed by atoms with Crippen molar-refractivity contribution >= 4 is 5.82 Å². The highest BCUT2D eigenvalue weighted by molar-refractivity contribution is 5.51. The fourth-order valence-electron chi connectivity index (χ4n) is 1.47. The lowest BCUT2D eigenvalue weighted by atomic mass is 10.3. The van der Waals surface area contributed by atoms with Crippen LogP contribution >= 0.6 is 0 Å². The molecule has 78 valence electrons. The Kier molecular flexibility index (Phi) is 1.74. The molecule has 6 heteroatoms. The fourth-order valence-corrected chi connectivity index (χ4v) is 1.47. The molecule has 1 fully saturated rings. The van der Waals surface area contributed by atoms with E-state index < -0.39 is 0 Å². The largest absolute Gasteiger partial charge is 0.382 e. The first-order chi connectivity index (χ1) is 7.31. The molecule has 0 aliphatic heterocycles. The van der Waals surface area contributed by atoms with E-state index >= 15 is 0 Å². The second kappa shape index (κ2) is 3.08. The van der Waals surface area contributed by atoms with Crippen molar-refractivity contribution < 1.29 is 4.52 Å². The van der Waals surface area contributed by atoms with Crippen LogP contribution in [-0.2, 0) is 6.42 Å². The van der Waals surface area contributed by atoms with Gasteiger partial charge in [0, 0.05) is 12.5 Å². The van der Waals surface area contributed by atoms with Crippen LogP contribution in [0.3, 0.4) is 0 Å². The number of hydrogen-bond donors (Lipinski definition) is 2. The van der Waals surface area contributed by atoms with Crippen molar-refractivity contribution in [1.82, 2.24) is 20.3 Å². The second-order valence-electron chi connectivity index (χ2n) is 3.87. The smallest absolute Gasteiger partial charge is 0.276 e. The van der Waals surface area contributed by atoms with Crippen molar-refractivity contribution in [2.75, 3.05) is 5.73 Å². The van der Waals surface area contributed by atoms with Crippen LogP contribution in [0.1, 0.15) is 18.7 Å². The molecule has 0 bridgehead atoms. The molecule has 0 amide bonds. The molecule has 1 aliphatic rings. The molecule has 1 aliphatic carbocycles. The minimum absolute atomic E-state index is 0.423. The summed E-state index contributed by atoms with van der Waals surface area (Å²) in [5.74, 6) is 2.39. The quantitative estimate of drug-likeness (QED) is 0.779. The van der Waals surface area contributed by atoms with Crippen LogP contribution in [0.2, 0.25) is 0 Å². The van der Waals surface area contributed by atoms with Gasteiger partial charge in [0.25, 0.3) is 5.89 Å². The summed E-state index contributed by atoms with van der Waals surface area (Å²) in [6.45, 7) is 0. The van der Waals surface area contributed by atoms with Crippen molar-refractivity contribution in [1.29, 1.82) is 0 Å². The molecule has 2 aromatic heterocycles. The van der Waals surface area contributed by atoms with Gasteiger partial charge in [0.1, 0.15) is 11.5 Å². The van der Waals surface area contributed by atoms with Crippen LogP contribution in [0.25, 0.3) is 11.6 Å². The topological polar surface area (TPSA) is 93.6 Å². The number of H-pyrrole nitrogens is 1. The lowest BCUT2D eigenvalue weighted by molar-refractivity contribution is 0.419. The van der Waals surface area contributed by atoms with Gasteiger partial charge in [-0.1, -0.05) is 5.16 Å². The van der Waals surface area contributed by atoms with Gasteiger partial charge in [-0.2, -0.15) is 10.1 Å². The van der Waals surface area contributed by atoms with E-state index in [1.807, 2.05) is 0 Å². The van der Waals surface area contributed by atoms with Crippen LogP contribution in [0, 0.1) is 5.92 Å². The predicted molar refractivity (Wildman–Crippen MR) is 52.7 cm³/mol. The van der Waals surface area contributed by atoms with E-state index in [0.717, 1.165) is 18.2 Å². The molecule has 0 spiro atoms. The Bertz CT molecular complexity index is 470. The first kappa shape index (κ1) is 8.46. The van der Waals surface area contributed by atoms with Gasteiger partial charge in [-0.3, -0.25) is 5.10 Å². The summed E-state index contributed by atoms with van der Waals surface area (Å²) in [7, 11) is 0. The van der Waals surface area contributed by atoms with E-state index in [0.29, 0.717) is 17.4 Å². The summed E-state index contributed by atoms with van der Waals surface area (Å²) in [5, 5.41) is 10.4. The van der Waals surface area contributed by atoms with E-state index in [1.165, 1.54) is 12.8 Å². The normalized spacial score (nSPS) is 15.7. The van der Waals surface area contributed by atoms with Gasteiger partial charge in [-0.25, -0.2) is 0 Å². The molecule has 3 rings (SSSR count). The number of aromatic nitrogens is 4. The molecule has 2 aromatic rings. The zero-order valence-electron chi connectivity index (χ0n) is 8.10. The van der Waals surface area contributed by atoms with Gasteiger partial charge in [-0.15, -0.1) is 0 Å². The van der Waals surface area contributed by atoms with Gasteiger partial charge in [0.2, 0.25) is 0 Å². The number of rotatable bonds is 3. The maximum Gasteiger partial charge on any atom is 0.276 e. The average Bonchev–Trinajstić information content (AvgIpc) is 2.74. The van der Waals surface area contributed by atoms with Crippen molar-refractivity contribution in [2.24, 2.45) is 5.92 Å². The van der Waals surface area contributed by atoms with E-state index in [9.17, 15) is 0 Å². The van der Waals surface area contributed by atoms with E-state index in [-0.39, 0.29) is 0 Å². The Labute approximate surface area is 85.9 Å². The van der Waals surface area contributed by atoms with Crippen LogP contribution in [0.15, 0.2) is 10.6 Å². The molecule has 2 heterocycles. The van der Waals surface area contributed by atoms with Crippen LogP contribution in [0.4, 0.5) is 5.82 Å². The van der Waals surface area contributed by atoms with Crippen LogP contribution < -0.4 is 5.73 Å². The van der Waals surface area contributed by atoms with Gasteiger partial charge < -0.3 is 10.3 Å². The van der Waals surface area contributed by atoms with Gasteiger partial charge in [0.15, 0.2) is 5.82 Å². The van der Waals surface area contributed by atoms with Gasteiger partial charge >= 0.3 is 0 Å². The highest BCUT2D eigenvalue weighted by atomic mass is 16.5. The second-order valence-corrected chi connectivity index (χ2v) is 3.87. The third-order valence-corrected chi connectivity index (χ3v) is 2.46. The monoisotopic (exact) mass is 205 g/mol. The molecular weight excluding hydrogens is 194 g/mol. The summed E-state index contributed by atoms with van der Waals surface area (Å²) >= 11 is 0. The standard InChI is InChI=1S/C9H11N5O/c10-7-4-6(12-13-7)9-11-8(14-15-9)3-5-1-2-5/h4-5H,1-3H2,(H3,10,12,13). The molecule has 15 heavy (non-hydrogen) atoms. The number of nitrogens with zero attached hydrogens (tertiary/aromatic N) is 3. The number of anilines is 1. The zero-order chi connectivity index (χ0) is 10.3. The van der Waals surface area contributed by atoms with Crippen LogP contribution in [-0.4, -0.2) is 20.3 Å². The summed E-state index contributed by atoms with van der Waals surface area (Å²) in [6.07, 6.45) is 3.47. The number of nitrogens with one attached hydrogen (secondary N) is 1. The van der Waals surface area contributed by atoms with Crippen molar-refractivity contribution in [3.05, 3.63) is 11.9 Å². The molecule has 1 saturated carbocycles. The van der Waals surface area contributed by atoms with Gasteiger partial charge in [0.05, 0.1) is 0 Å². The molecule has 0 unspecified atom stereocenters. The molecule has 0 aromatic carbocycles. The summed E-state index contributed by atoms with van der Waals surface area (Å²) in [6, 6.07) is 1.68. The lowest BCUT2D eigenvalue weighted by Crippen LogP contribution is -1.89. The van der Waals surface area contributed by atoms with Crippen LogP contribution in [0.5, 0.6) is 0 Å². The van der Waals surface area contributed by atoms with E-state index in [2.05, 4.69) is 20.3 Å². The number of nitrogen functional groups attached to an aromatic ring is 1. The molecule has 0 saturated heterocycles. The molecule has 0 atom stereocenters. The maximum atomic E-state index is 5.48. The Morgan fingerprint density at radius 3 is 3.07 bits per heavy atom. The Morgan fingerprint density at radius 1 is 1.53 bits per heavy atom. The minimum atomic E-state index is 0.423. The highest BCUT2D eigenvalue weighted by Crippen LogP contribution is 2.32. The Balaban J connectivity index is 1.82. The summed E-state index contributed by atoms with van der Waals surface area (Å²) in [5.41, 5.74) is 6.15. The number of nitrogens with two attached hydrogens (primary N) is 1. The first-order valence-electron chi connectivity index (χ1n) is 4.95. The number of aromatic amines is 1. The zero-order valence-corrected chi connectivity index (χ0v) is 8.10. The minimum Gasteiger partial charge on any atom is -0.382 e. The highest BCUT2D eigenvalue weighted by Gasteiger charge is 2.24. The van der Waals surface area contributed by atoms with E-state index in [4.69, 9.17) is 10.3 Å². The maximum absolute atomic E-state index is 5.48. The van der Waals surface area contributed by atoms with Gasteiger partial charge in [-0.05, 0) is 18.8 Å². The Morgan fingerprint density at radius 2 is 2.40 bits per heavy atom. The van der Waals surface area contributed by atoms with Crippen molar-refractivity contribution in [3.8, 4) is 11.6 Å². The molecule has 0 radical (unpaired) electrons.